The predicted molar refractivity (Wildman–Crippen MR) is 73.9 cm³/mol. The van der Waals surface area contributed by atoms with Crippen LogP contribution in [0, 0.1) is 11.8 Å². The molecule has 1 unspecified atom stereocenters. The van der Waals surface area contributed by atoms with Gasteiger partial charge in [-0.1, -0.05) is 26.5 Å². The minimum atomic E-state index is -1.14. The van der Waals surface area contributed by atoms with E-state index in [1.165, 1.54) is 25.7 Å². The minimum absolute atomic E-state index is 0.731. The zero-order valence-electron chi connectivity index (χ0n) is 11.2. The van der Waals surface area contributed by atoms with Crippen molar-refractivity contribution >= 4 is 26.8 Å². The summed E-state index contributed by atoms with van der Waals surface area (Å²) in [4.78, 5) is 0. The third-order valence-electron chi connectivity index (χ3n) is 3.13. The van der Waals surface area contributed by atoms with Crippen LogP contribution in [-0.4, -0.2) is 16.8 Å². The smallest absolute Gasteiger partial charge is 0.137 e. The molecule has 0 N–H and O–H groups in total. The molecule has 0 aromatic rings. The van der Waals surface area contributed by atoms with Gasteiger partial charge in [-0.25, -0.2) is 0 Å². The lowest BCUT2D eigenvalue weighted by atomic mass is 9.98. The molecule has 1 fully saturated rings. The summed E-state index contributed by atoms with van der Waals surface area (Å²) in [6.45, 7) is 4.50. The van der Waals surface area contributed by atoms with Gasteiger partial charge in [-0.05, 0) is 38.9 Å². The second-order valence-electron chi connectivity index (χ2n) is 4.20. The van der Waals surface area contributed by atoms with Crippen LogP contribution in [0.15, 0.2) is 12.7 Å². The summed E-state index contributed by atoms with van der Waals surface area (Å²) in [5.41, 5.74) is 0. The first-order valence-corrected chi connectivity index (χ1v) is 7.97. The van der Waals surface area contributed by atoms with Crippen molar-refractivity contribution in [3.8, 4) is 0 Å². The van der Waals surface area contributed by atoms with Gasteiger partial charge in [0.05, 0.1) is 7.89 Å². The Labute approximate surface area is 104 Å². The van der Waals surface area contributed by atoms with Crippen molar-refractivity contribution in [1.29, 1.82) is 2.61 Å². The standard InChI is InChI=1S/C11H21BOPS/c1-2-3-4-10-5-6-11(9-10)7-8-13-15-14-12/h2,10-12,14H,1,3-9H2/t10-,11+,14?/m1/s1/i12T,14D. The fraction of sp³-hybridized carbons (Fsp3) is 0.818. The molecule has 1 aliphatic rings. The molecule has 1 radical (unpaired) electrons. The summed E-state index contributed by atoms with van der Waals surface area (Å²) in [5.74, 6) is 1.70. The number of allylic oxidation sites excluding steroid dienone is 1. The summed E-state index contributed by atoms with van der Waals surface area (Å²) in [7, 11) is 0.00970. The highest BCUT2D eigenvalue weighted by molar-refractivity contribution is 8.53. The summed E-state index contributed by atoms with van der Waals surface area (Å²) < 4.78 is 19.6. The van der Waals surface area contributed by atoms with Crippen molar-refractivity contribution in [2.75, 3.05) is 6.61 Å². The Morgan fingerprint density at radius 2 is 2.47 bits per heavy atom. The first-order valence-electron chi connectivity index (χ1n) is 6.69. The maximum atomic E-state index is 7.37. The van der Waals surface area contributed by atoms with Crippen LogP contribution in [0.1, 0.15) is 38.5 Å². The molecule has 0 aliphatic heterocycles. The normalized spacial score (nSPS) is 29.3. The Hall–Kier alpha value is 0.545. The molecular formula is C11H21BOPS. The monoisotopic (exact) mass is 246 g/mol. The van der Waals surface area contributed by atoms with Crippen LogP contribution in [0.25, 0.3) is 0 Å². The zero-order valence-corrected chi connectivity index (χ0v) is 10.9. The lowest BCUT2D eigenvalue weighted by Gasteiger charge is -2.10. The van der Waals surface area contributed by atoms with Gasteiger partial charge in [0, 0.05) is 11.7 Å². The highest BCUT2D eigenvalue weighted by Crippen LogP contribution is 2.36. The molecule has 0 bridgehead atoms. The van der Waals surface area contributed by atoms with E-state index >= 15 is 0 Å². The minimum Gasteiger partial charge on any atom is -0.312 e. The van der Waals surface area contributed by atoms with E-state index in [-0.39, 0.29) is 0 Å². The molecule has 85 valence electrons. The third kappa shape index (κ3) is 5.99. The van der Waals surface area contributed by atoms with Crippen molar-refractivity contribution in [2.45, 2.75) is 38.5 Å². The molecule has 4 heteroatoms. The number of hydrogen-bond acceptors (Lipinski definition) is 2. The highest BCUT2D eigenvalue weighted by Gasteiger charge is 2.23. The molecule has 0 amide bonds. The van der Waals surface area contributed by atoms with E-state index < -0.39 is 7.61 Å². The predicted octanol–water partition coefficient (Wildman–Crippen LogP) is 3.83. The van der Waals surface area contributed by atoms with Gasteiger partial charge in [0.15, 0.2) is 0 Å². The summed E-state index contributed by atoms with van der Waals surface area (Å²) in [5, 5.41) is 0. The first kappa shape index (κ1) is 10.7. The second-order valence-corrected chi connectivity index (χ2v) is 5.88. The lowest BCUT2D eigenvalue weighted by Crippen LogP contribution is -2.00. The second kappa shape index (κ2) is 8.67. The molecule has 0 heterocycles. The average molecular weight is 246 g/mol. The maximum Gasteiger partial charge on any atom is 0.137 e. The van der Waals surface area contributed by atoms with Crippen molar-refractivity contribution in [3.63, 3.8) is 0 Å². The topological polar surface area (TPSA) is 9.23 Å². The van der Waals surface area contributed by atoms with Gasteiger partial charge in [-0.2, -0.15) is 0 Å². The summed E-state index contributed by atoms with van der Waals surface area (Å²) >= 11 is 1.15. The van der Waals surface area contributed by atoms with Crippen molar-refractivity contribution in [1.82, 2.24) is 0 Å². The molecule has 0 aromatic heterocycles. The number of hydrogen-bond donors (Lipinski definition) is 0. The van der Waals surface area contributed by atoms with E-state index in [2.05, 4.69) is 6.58 Å². The molecule has 3 atom stereocenters. The molecule has 1 aliphatic carbocycles. The van der Waals surface area contributed by atoms with E-state index in [1.54, 1.807) is 0 Å². The van der Waals surface area contributed by atoms with Gasteiger partial charge >= 0.3 is 0 Å². The van der Waals surface area contributed by atoms with E-state index in [1.807, 2.05) is 6.08 Å². The van der Waals surface area contributed by atoms with E-state index in [0.717, 1.165) is 50.5 Å². The Kier molecular flexibility index (Phi) is 6.17. The van der Waals surface area contributed by atoms with Crippen molar-refractivity contribution in [2.24, 2.45) is 11.8 Å². The fourth-order valence-corrected chi connectivity index (χ4v) is 2.98. The molecule has 1 nitrogen and oxygen atoms in total. The quantitative estimate of drug-likeness (QED) is 0.201. The van der Waals surface area contributed by atoms with E-state index in [9.17, 15) is 0 Å². The molecular weight excluding hydrogens is 222 g/mol. The molecule has 15 heavy (non-hydrogen) atoms. The zero-order chi connectivity index (χ0) is 12.5. The van der Waals surface area contributed by atoms with Gasteiger partial charge in [-0.15, -0.1) is 6.58 Å². The van der Waals surface area contributed by atoms with Crippen LogP contribution < -0.4 is 0 Å². The number of rotatable bonds is 9. The van der Waals surface area contributed by atoms with Crippen LogP contribution in [0.3, 0.4) is 0 Å². The van der Waals surface area contributed by atoms with E-state index in [0.29, 0.717) is 0 Å². The van der Waals surface area contributed by atoms with Gasteiger partial charge in [-0.3, -0.25) is 0 Å². The fourth-order valence-electron chi connectivity index (χ4n) is 2.34. The van der Waals surface area contributed by atoms with Crippen LogP contribution in [0.5, 0.6) is 0 Å². The SMILES string of the molecule is [2H]P([B][3H])SOCC[C@@H]1CC[C@@H](CCC=C)C1. The summed E-state index contributed by atoms with van der Waals surface area (Å²) in [6.07, 6.45) is 9.59. The molecule has 0 aromatic carbocycles. The maximum absolute atomic E-state index is 7.37. The lowest BCUT2D eigenvalue weighted by molar-refractivity contribution is 0.318. The largest absolute Gasteiger partial charge is 0.312 e. The molecule has 1 rings (SSSR count). The van der Waals surface area contributed by atoms with Crippen LogP contribution in [-0.2, 0) is 4.18 Å². The van der Waals surface area contributed by atoms with Gasteiger partial charge in [0.25, 0.3) is 0 Å². The molecule has 0 saturated heterocycles. The molecule has 0 spiro atoms. The average Bonchev–Trinajstić information content (AvgIpc) is 2.79. The third-order valence-corrected chi connectivity index (χ3v) is 4.07. The van der Waals surface area contributed by atoms with Crippen molar-refractivity contribution < 1.29 is 4.18 Å². The Morgan fingerprint density at radius 3 is 3.20 bits per heavy atom. The molecule has 1 saturated carbocycles. The van der Waals surface area contributed by atoms with Gasteiger partial charge < -0.3 is 4.18 Å². The van der Waals surface area contributed by atoms with Crippen LogP contribution in [0.4, 0.5) is 0 Å². The first-order chi connectivity index (χ1) is 8.26. The Balaban J connectivity index is 2.00. The van der Waals surface area contributed by atoms with Gasteiger partial charge in [0.1, 0.15) is 7.53 Å². The highest BCUT2D eigenvalue weighted by atomic mass is 32.7. The van der Waals surface area contributed by atoms with Crippen LogP contribution >= 0.6 is 19.3 Å². The Bertz CT molecular complexity index is 224. The van der Waals surface area contributed by atoms with E-state index in [4.69, 9.17) is 6.80 Å². The van der Waals surface area contributed by atoms with Crippen molar-refractivity contribution in [3.05, 3.63) is 12.7 Å². The van der Waals surface area contributed by atoms with Gasteiger partial charge in [0.2, 0.25) is 0 Å². The summed E-state index contributed by atoms with van der Waals surface area (Å²) in [6, 6.07) is 0. The van der Waals surface area contributed by atoms with Crippen LogP contribution in [0.2, 0.25) is 0 Å². The Morgan fingerprint density at radius 1 is 1.67 bits per heavy atom.